The molecule has 2 saturated heterocycles. The number of hydrogen-bond donors (Lipinski definition) is 3. The quantitative estimate of drug-likeness (QED) is 0.265. The number of likely N-dealkylation sites (tertiary alicyclic amines) is 1. The molecule has 7 nitrogen and oxygen atoms in total. The molecular weight excluding hydrogens is 404 g/mol. The van der Waals surface area contributed by atoms with Crippen molar-refractivity contribution in [2.45, 2.75) is 70.9 Å². The predicted octanol–water partition coefficient (Wildman–Crippen LogP) is 2.59. The first kappa shape index (κ1) is 26.4. The molecule has 2 heterocycles. The zero-order chi connectivity index (χ0) is 23.6. The Balaban J connectivity index is 2.01. The van der Waals surface area contributed by atoms with Gasteiger partial charge in [-0.1, -0.05) is 25.5 Å². The van der Waals surface area contributed by atoms with Crippen LogP contribution in [-0.4, -0.2) is 68.7 Å². The summed E-state index contributed by atoms with van der Waals surface area (Å²) in [6, 6.07) is -0.505. The van der Waals surface area contributed by atoms with Gasteiger partial charge in [-0.15, -0.1) is 6.58 Å². The number of allylic oxidation sites excluding steroid dienone is 1. The van der Waals surface area contributed by atoms with Gasteiger partial charge < -0.3 is 25.6 Å². The standard InChI is InChI=1S/C25H44N4O3/c1-6-11-20(16-26-5)12-8-9-13-21(28-24(31)25(4)17-32-18-25)23(30)29-15-10-14-22(29)19(3)27-7-2/h6,20-22,26-27H,1,3,7-18H2,2,4-5H3,(H,28,31)/t20-,21-,22?/m0/s1. The molecule has 7 heteroatoms. The average molecular weight is 449 g/mol. The molecule has 3 atom stereocenters. The van der Waals surface area contributed by atoms with Crippen LogP contribution in [0.15, 0.2) is 24.9 Å². The van der Waals surface area contributed by atoms with Crippen LogP contribution in [0.4, 0.5) is 0 Å². The van der Waals surface area contributed by atoms with Gasteiger partial charge in [0, 0.05) is 18.8 Å². The summed E-state index contributed by atoms with van der Waals surface area (Å²) in [4.78, 5) is 28.4. The molecule has 3 N–H and O–H groups in total. The predicted molar refractivity (Wildman–Crippen MR) is 129 cm³/mol. The highest BCUT2D eigenvalue weighted by atomic mass is 16.5. The van der Waals surface area contributed by atoms with E-state index in [1.165, 1.54) is 0 Å². The Hall–Kier alpha value is -1.86. The minimum absolute atomic E-state index is 0.00271. The number of carbonyl (C=O) groups is 2. The Bertz CT molecular complexity index is 647. The lowest BCUT2D eigenvalue weighted by Crippen LogP contribution is -2.58. The van der Waals surface area contributed by atoms with E-state index in [0.717, 1.165) is 57.3 Å². The monoisotopic (exact) mass is 448 g/mol. The first-order valence-electron chi connectivity index (χ1n) is 12.2. The Morgan fingerprint density at radius 2 is 2.00 bits per heavy atom. The van der Waals surface area contributed by atoms with Crippen molar-refractivity contribution in [3.05, 3.63) is 24.9 Å². The summed E-state index contributed by atoms with van der Waals surface area (Å²) in [7, 11) is 1.97. The lowest BCUT2D eigenvalue weighted by atomic mass is 9.87. The van der Waals surface area contributed by atoms with E-state index in [0.29, 0.717) is 32.1 Å². The van der Waals surface area contributed by atoms with Gasteiger partial charge in [-0.25, -0.2) is 0 Å². The highest BCUT2D eigenvalue weighted by Gasteiger charge is 2.43. The molecule has 0 aromatic heterocycles. The molecule has 0 aromatic rings. The smallest absolute Gasteiger partial charge is 0.245 e. The van der Waals surface area contributed by atoms with Gasteiger partial charge in [0.15, 0.2) is 0 Å². The molecule has 2 rings (SSSR count). The van der Waals surface area contributed by atoms with Gasteiger partial charge in [-0.05, 0) is 65.5 Å². The van der Waals surface area contributed by atoms with Crippen molar-refractivity contribution in [2.75, 3.05) is 39.9 Å². The number of ether oxygens (including phenoxy) is 1. The van der Waals surface area contributed by atoms with Crippen molar-refractivity contribution in [3.63, 3.8) is 0 Å². The molecule has 0 radical (unpaired) electrons. The van der Waals surface area contributed by atoms with Crippen molar-refractivity contribution in [2.24, 2.45) is 11.3 Å². The van der Waals surface area contributed by atoms with Gasteiger partial charge in [0.05, 0.1) is 24.7 Å². The van der Waals surface area contributed by atoms with E-state index in [-0.39, 0.29) is 17.9 Å². The summed E-state index contributed by atoms with van der Waals surface area (Å²) in [5.41, 5.74) is 0.361. The van der Waals surface area contributed by atoms with Gasteiger partial charge in [0.1, 0.15) is 6.04 Å². The number of hydrogen-bond acceptors (Lipinski definition) is 5. The van der Waals surface area contributed by atoms with Crippen LogP contribution in [0.1, 0.15) is 58.8 Å². The third-order valence-corrected chi connectivity index (χ3v) is 6.68. The zero-order valence-corrected chi connectivity index (χ0v) is 20.4. The average Bonchev–Trinajstić information content (AvgIpc) is 3.24. The van der Waals surface area contributed by atoms with Crippen LogP contribution in [0, 0.1) is 11.3 Å². The van der Waals surface area contributed by atoms with Gasteiger partial charge in [0.25, 0.3) is 0 Å². The molecule has 2 amide bonds. The van der Waals surface area contributed by atoms with Crippen molar-refractivity contribution in [1.82, 2.24) is 20.9 Å². The molecule has 0 aromatic carbocycles. The summed E-state index contributed by atoms with van der Waals surface area (Å²) >= 11 is 0. The second-order valence-corrected chi connectivity index (χ2v) is 9.56. The van der Waals surface area contributed by atoms with E-state index < -0.39 is 11.5 Å². The van der Waals surface area contributed by atoms with Crippen LogP contribution in [0.2, 0.25) is 0 Å². The Labute approximate surface area is 194 Å². The third kappa shape index (κ3) is 7.07. The van der Waals surface area contributed by atoms with Crippen LogP contribution in [0.3, 0.4) is 0 Å². The highest BCUT2D eigenvalue weighted by Crippen LogP contribution is 2.28. The lowest BCUT2D eigenvalue weighted by Gasteiger charge is -2.38. The van der Waals surface area contributed by atoms with Gasteiger partial charge in [-0.2, -0.15) is 0 Å². The number of likely N-dealkylation sites (N-methyl/N-ethyl adjacent to an activating group) is 1. The van der Waals surface area contributed by atoms with E-state index in [2.05, 4.69) is 29.1 Å². The summed E-state index contributed by atoms with van der Waals surface area (Å²) in [6.45, 7) is 15.2. The van der Waals surface area contributed by atoms with E-state index in [4.69, 9.17) is 4.74 Å². The lowest BCUT2D eigenvalue weighted by molar-refractivity contribution is -0.160. The first-order chi connectivity index (χ1) is 15.4. The van der Waals surface area contributed by atoms with Crippen LogP contribution < -0.4 is 16.0 Å². The molecular formula is C25H44N4O3. The second-order valence-electron chi connectivity index (χ2n) is 9.56. The molecule has 2 fully saturated rings. The maximum absolute atomic E-state index is 13.6. The molecule has 2 aliphatic heterocycles. The molecule has 0 aliphatic carbocycles. The Morgan fingerprint density at radius 1 is 1.28 bits per heavy atom. The van der Waals surface area contributed by atoms with Crippen molar-refractivity contribution < 1.29 is 14.3 Å². The topological polar surface area (TPSA) is 82.7 Å². The normalized spacial score (nSPS) is 21.3. The minimum Gasteiger partial charge on any atom is -0.387 e. The highest BCUT2D eigenvalue weighted by molar-refractivity contribution is 5.90. The minimum atomic E-state index is -0.530. The fourth-order valence-electron chi connectivity index (χ4n) is 4.68. The summed E-state index contributed by atoms with van der Waals surface area (Å²) < 4.78 is 5.26. The van der Waals surface area contributed by atoms with Crippen molar-refractivity contribution in [3.8, 4) is 0 Å². The Kier molecular flexibility index (Phi) is 10.7. The second kappa shape index (κ2) is 13.0. The number of nitrogens with zero attached hydrogens (tertiary/aromatic N) is 1. The van der Waals surface area contributed by atoms with Crippen LogP contribution >= 0.6 is 0 Å². The number of nitrogens with one attached hydrogen (secondary N) is 3. The largest absolute Gasteiger partial charge is 0.387 e. The van der Waals surface area contributed by atoms with Crippen LogP contribution in [0.25, 0.3) is 0 Å². The van der Waals surface area contributed by atoms with E-state index in [1.54, 1.807) is 0 Å². The Morgan fingerprint density at radius 3 is 2.59 bits per heavy atom. The van der Waals surface area contributed by atoms with Gasteiger partial charge in [0.2, 0.25) is 11.8 Å². The third-order valence-electron chi connectivity index (χ3n) is 6.68. The van der Waals surface area contributed by atoms with Gasteiger partial charge >= 0.3 is 0 Å². The maximum atomic E-state index is 13.6. The van der Waals surface area contributed by atoms with Crippen molar-refractivity contribution in [1.29, 1.82) is 0 Å². The molecule has 0 spiro atoms. The van der Waals surface area contributed by atoms with E-state index in [9.17, 15) is 9.59 Å². The molecule has 1 unspecified atom stereocenters. The number of unbranched alkanes of at least 4 members (excludes halogenated alkanes) is 1. The molecule has 32 heavy (non-hydrogen) atoms. The maximum Gasteiger partial charge on any atom is 0.245 e. The van der Waals surface area contributed by atoms with Crippen LogP contribution in [0.5, 0.6) is 0 Å². The molecule has 0 bridgehead atoms. The molecule has 2 aliphatic rings. The van der Waals surface area contributed by atoms with E-state index >= 15 is 0 Å². The van der Waals surface area contributed by atoms with Crippen LogP contribution in [-0.2, 0) is 14.3 Å². The summed E-state index contributed by atoms with van der Waals surface area (Å²) in [6.07, 6.45) is 8.48. The molecule has 0 saturated carbocycles. The fraction of sp³-hybridized carbons (Fsp3) is 0.760. The number of carbonyl (C=O) groups excluding carboxylic acids is 2. The number of rotatable bonds is 15. The fourth-order valence-corrected chi connectivity index (χ4v) is 4.68. The molecule has 182 valence electrons. The zero-order valence-electron chi connectivity index (χ0n) is 20.4. The SMILES string of the molecule is C=CC[C@@H](CCCC[C@H](NC(=O)C1(C)COC1)C(=O)N1CCCC1C(=C)NCC)CNC. The number of amides is 2. The van der Waals surface area contributed by atoms with E-state index in [1.807, 2.05) is 31.9 Å². The van der Waals surface area contributed by atoms with Gasteiger partial charge in [-0.3, -0.25) is 9.59 Å². The summed E-state index contributed by atoms with van der Waals surface area (Å²) in [5, 5.41) is 9.60. The summed E-state index contributed by atoms with van der Waals surface area (Å²) in [5.74, 6) is 0.489. The first-order valence-corrected chi connectivity index (χ1v) is 12.2. The van der Waals surface area contributed by atoms with Crippen molar-refractivity contribution >= 4 is 11.8 Å².